The van der Waals surface area contributed by atoms with Crippen LogP contribution in [0, 0.1) is 0 Å². The third-order valence-electron chi connectivity index (χ3n) is 7.08. The predicted molar refractivity (Wildman–Crippen MR) is 159 cm³/mol. The molecule has 1 atom stereocenters. The summed E-state index contributed by atoms with van der Waals surface area (Å²) in [5.41, 5.74) is 1.97. The number of thioether (sulfide) groups is 1. The summed E-state index contributed by atoms with van der Waals surface area (Å²) in [4.78, 5) is 30.5. The number of nitrogens with zero attached hydrogens (tertiary/aromatic N) is 1. The molecule has 0 radical (unpaired) electrons. The topological polar surface area (TPSA) is 58.6 Å². The van der Waals surface area contributed by atoms with Gasteiger partial charge in [0.2, 0.25) is 11.8 Å². The van der Waals surface area contributed by atoms with Crippen molar-refractivity contribution in [3.05, 3.63) is 95.0 Å². The molecule has 5 nitrogen and oxygen atoms in total. The maximum atomic E-state index is 13.8. The zero-order valence-corrected chi connectivity index (χ0v) is 24.1. The number of carbonyl (C=O) groups is 2. The molecule has 1 N–H and O–H groups in total. The van der Waals surface area contributed by atoms with Gasteiger partial charge in [-0.3, -0.25) is 9.59 Å². The Morgan fingerprint density at radius 2 is 1.72 bits per heavy atom. The van der Waals surface area contributed by atoms with Gasteiger partial charge in [-0.1, -0.05) is 66.9 Å². The molecule has 0 unspecified atom stereocenters. The molecule has 4 rings (SSSR count). The van der Waals surface area contributed by atoms with Crippen LogP contribution in [0.4, 0.5) is 0 Å². The lowest BCUT2D eigenvalue weighted by Crippen LogP contribution is -2.52. The van der Waals surface area contributed by atoms with Crippen molar-refractivity contribution in [2.75, 3.05) is 12.9 Å². The average Bonchev–Trinajstić information content (AvgIpc) is 3.47. The standard InChI is InChI=1S/C32H37ClN2O3S/c1-38-28-14-7-11-25(21-28)23-35(31(36)15-8-20-39-29-18-16-26(33)17-19-29)30(22-24-9-3-2-4-10-24)32(37)34-27-12-5-6-13-27/h2-4,7,9-11,14,16-19,21,27,30H,5-6,8,12-13,15,20,22-23H2,1H3,(H,34,37)/t30-/m1/s1. The number of hydrogen-bond acceptors (Lipinski definition) is 4. The normalized spacial score (nSPS) is 14.1. The Balaban J connectivity index is 1.52. The molecule has 1 fully saturated rings. The van der Waals surface area contributed by atoms with E-state index in [2.05, 4.69) is 5.32 Å². The number of hydrogen-bond donors (Lipinski definition) is 1. The number of methoxy groups -OCH3 is 1. The highest BCUT2D eigenvalue weighted by molar-refractivity contribution is 7.99. The zero-order chi connectivity index (χ0) is 27.5. The molecule has 206 valence electrons. The van der Waals surface area contributed by atoms with Gasteiger partial charge in [-0.15, -0.1) is 11.8 Å². The minimum absolute atomic E-state index is 0.0166. The highest BCUT2D eigenvalue weighted by Crippen LogP contribution is 2.24. The lowest BCUT2D eigenvalue weighted by molar-refractivity contribution is -0.141. The van der Waals surface area contributed by atoms with Gasteiger partial charge in [-0.25, -0.2) is 0 Å². The molecule has 1 aliphatic carbocycles. The number of halogens is 1. The summed E-state index contributed by atoms with van der Waals surface area (Å²) in [5.74, 6) is 1.45. The van der Waals surface area contributed by atoms with Crippen LogP contribution in [0.15, 0.2) is 83.8 Å². The number of ether oxygens (including phenoxy) is 1. The Morgan fingerprint density at radius 1 is 1.00 bits per heavy atom. The van der Waals surface area contributed by atoms with Gasteiger partial charge >= 0.3 is 0 Å². The predicted octanol–water partition coefficient (Wildman–Crippen LogP) is 6.92. The molecule has 0 bridgehead atoms. The molecule has 0 aromatic heterocycles. The van der Waals surface area contributed by atoms with Crippen LogP contribution in [-0.4, -0.2) is 41.7 Å². The van der Waals surface area contributed by atoms with Gasteiger partial charge in [-0.2, -0.15) is 0 Å². The summed E-state index contributed by atoms with van der Waals surface area (Å²) >= 11 is 7.71. The average molecular weight is 565 g/mol. The van der Waals surface area contributed by atoms with Crippen LogP contribution in [0.5, 0.6) is 5.75 Å². The maximum Gasteiger partial charge on any atom is 0.243 e. The van der Waals surface area contributed by atoms with Crippen LogP contribution in [0.2, 0.25) is 5.02 Å². The molecular weight excluding hydrogens is 528 g/mol. The monoisotopic (exact) mass is 564 g/mol. The second-order valence-electron chi connectivity index (χ2n) is 9.97. The van der Waals surface area contributed by atoms with Crippen LogP contribution in [0.1, 0.15) is 49.7 Å². The number of rotatable bonds is 13. The van der Waals surface area contributed by atoms with Crippen LogP contribution in [-0.2, 0) is 22.6 Å². The van der Waals surface area contributed by atoms with Crippen LogP contribution >= 0.6 is 23.4 Å². The Morgan fingerprint density at radius 3 is 2.44 bits per heavy atom. The zero-order valence-electron chi connectivity index (χ0n) is 22.5. The van der Waals surface area contributed by atoms with Gasteiger partial charge in [-0.05, 0) is 72.5 Å². The van der Waals surface area contributed by atoms with Crippen molar-refractivity contribution in [1.29, 1.82) is 0 Å². The van der Waals surface area contributed by atoms with E-state index < -0.39 is 6.04 Å². The molecule has 1 saturated carbocycles. The van der Waals surface area contributed by atoms with Crippen LogP contribution in [0.25, 0.3) is 0 Å². The van der Waals surface area contributed by atoms with Gasteiger partial charge < -0.3 is 15.0 Å². The largest absolute Gasteiger partial charge is 0.497 e. The Labute approximate surface area is 241 Å². The SMILES string of the molecule is COc1cccc(CN(C(=O)CCCSc2ccc(Cl)cc2)[C@H](Cc2ccccc2)C(=O)NC2CCCC2)c1. The Bertz CT molecular complexity index is 1200. The fraction of sp³-hybridized carbons (Fsp3) is 0.375. The summed E-state index contributed by atoms with van der Waals surface area (Å²) in [6.07, 6.45) is 5.80. The smallest absolute Gasteiger partial charge is 0.243 e. The minimum atomic E-state index is -0.601. The van der Waals surface area contributed by atoms with E-state index in [0.29, 0.717) is 30.8 Å². The van der Waals surface area contributed by atoms with Gasteiger partial charge in [0.1, 0.15) is 11.8 Å². The summed E-state index contributed by atoms with van der Waals surface area (Å²) < 4.78 is 5.42. The quantitative estimate of drug-likeness (QED) is 0.181. The third kappa shape index (κ3) is 9.04. The van der Waals surface area contributed by atoms with Gasteiger partial charge in [0.05, 0.1) is 7.11 Å². The highest BCUT2D eigenvalue weighted by atomic mass is 35.5. The van der Waals surface area contributed by atoms with Crippen molar-refractivity contribution in [2.45, 2.75) is 68.5 Å². The first-order valence-electron chi connectivity index (χ1n) is 13.7. The van der Waals surface area contributed by atoms with E-state index in [1.807, 2.05) is 78.9 Å². The van der Waals surface area contributed by atoms with E-state index in [4.69, 9.17) is 16.3 Å². The van der Waals surface area contributed by atoms with E-state index in [1.54, 1.807) is 23.8 Å². The van der Waals surface area contributed by atoms with Gasteiger partial charge in [0.15, 0.2) is 0 Å². The number of amides is 2. The maximum absolute atomic E-state index is 13.8. The fourth-order valence-corrected chi connectivity index (χ4v) is 5.96. The second-order valence-corrected chi connectivity index (χ2v) is 11.6. The van der Waals surface area contributed by atoms with Crippen LogP contribution < -0.4 is 10.1 Å². The van der Waals surface area contributed by atoms with Crippen molar-refractivity contribution in [3.8, 4) is 5.75 Å². The Hall–Kier alpha value is -2.96. The van der Waals surface area contributed by atoms with Gasteiger partial charge in [0, 0.05) is 35.3 Å². The molecule has 1 aliphatic rings. The summed E-state index contributed by atoms with van der Waals surface area (Å²) in [7, 11) is 1.63. The summed E-state index contributed by atoms with van der Waals surface area (Å²) in [6, 6.07) is 25.0. The van der Waals surface area contributed by atoms with Crippen molar-refractivity contribution < 1.29 is 14.3 Å². The second kappa shape index (κ2) is 15.0. The van der Waals surface area contributed by atoms with Crippen molar-refractivity contribution >= 4 is 35.2 Å². The number of carbonyl (C=O) groups excluding carboxylic acids is 2. The number of benzene rings is 3. The van der Waals surface area contributed by atoms with E-state index in [9.17, 15) is 9.59 Å². The first-order valence-corrected chi connectivity index (χ1v) is 15.0. The molecule has 7 heteroatoms. The summed E-state index contributed by atoms with van der Waals surface area (Å²) in [5, 5.41) is 3.97. The molecule has 0 spiro atoms. The van der Waals surface area contributed by atoms with Crippen molar-refractivity contribution in [3.63, 3.8) is 0 Å². The van der Waals surface area contributed by atoms with E-state index in [-0.39, 0.29) is 17.9 Å². The molecule has 3 aromatic rings. The molecule has 3 aromatic carbocycles. The van der Waals surface area contributed by atoms with E-state index >= 15 is 0 Å². The third-order valence-corrected chi connectivity index (χ3v) is 8.43. The van der Waals surface area contributed by atoms with Crippen molar-refractivity contribution in [1.82, 2.24) is 10.2 Å². The highest BCUT2D eigenvalue weighted by Gasteiger charge is 2.32. The van der Waals surface area contributed by atoms with Gasteiger partial charge in [0.25, 0.3) is 0 Å². The fourth-order valence-electron chi connectivity index (χ4n) is 4.98. The van der Waals surface area contributed by atoms with E-state index in [0.717, 1.165) is 53.2 Å². The molecule has 2 amide bonds. The molecule has 0 heterocycles. The minimum Gasteiger partial charge on any atom is -0.497 e. The first-order chi connectivity index (χ1) is 19.0. The summed E-state index contributed by atoms with van der Waals surface area (Å²) in [6.45, 7) is 0.343. The molecule has 39 heavy (non-hydrogen) atoms. The van der Waals surface area contributed by atoms with E-state index in [1.165, 1.54) is 0 Å². The lowest BCUT2D eigenvalue weighted by Gasteiger charge is -2.32. The first kappa shape index (κ1) is 29.0. The molecule has 0 saturated heterocycles. The molecular formula is C32H37ClN2O3S. The lowest BCUT2D eigenvalue weighted by atomic mass is 10.0. The van der Waals surface area contributed by atoms with Crippen molar-refractivity contribution in [2.24, 2.45) is 0 Å². The molecule has 0 aliphatic heterocycles. The Kier molecular flexibility index (Phi) is 11.2. The van der Waals surface area contributed by atoms with Crippen LogP contribution in [0.3, 0.4) is 0 Å². The number of nitrogens with one attached hydrogen (secondary N) is 1.